The van der Waals surface area contributed by atoms with Crippen molar-refractivity contribution in [2.75, 3.05) is 0 Å². The highest BCUT2D eigenvalue weighted by atomic mass is 19.4. The molecular formula is C22H19F8N5O. The molecular weight excluding hydrogens is 502 g/mol. The summed E-state index contributed by atoms with van der Waals surface area (Å²) in [4.78, 5) is 17.3. The second-order valence-corrected chi connectivity index (χ2v) is 8.25. The number of hydrogen-bond donors (Lipinski definition) is 1. The fourth-order valence-electron chi connectivity index (χ4n) is 4.15. The molecule has 0 saturated heterocycles. The first-order valence-electron chi connectivity index (χ1n) is 10.7. The van der Waals surface area contributed by atoms with Crippen molar-refractivity contribution in [1.29, 1.82) is 0 Å². The van der Waals surface area contributed by atoms with Crippen LogP contribution in [0.3, 0.4) is 0 Å². The fraction of sp³-hybridized carbons (Fsp3) is 0.364. The van der Waals surface area contributed by atoms with Crippen molar-refractivity contribution in [3.8, 4) is 0 Å². The van der Waals surface area contributed by atoms with E-state index in [0.29, 0.717) is 22.7 Å². The molecule has 36 heavy (non-hydrogen) atoms. The molecule has 0 bridgehead atoms. The first kappa shape index (κ1) is 25.7. The normalized spacial score (nSPS) is 12.8. The molecule has 0 saturated carbocycles. The minimum absolute atomic E-state index is 0.0270. The molecule has 0 unspecified atom stereocenters. The molecule has 4 rings (SSSR count). The number of alkyl halides is 6. The van der Waals surface area contributed by atoms with Gasteiger partial charge in [-0.05, 0) is 24.1 Å². The summed E-state index contributed by atoms with van der Waals surface area (Å²) >= 11 is 0. The first-order valence-corrected chi connectivity index (χ1v) is 10.7. The zero-order valence-corrected chi connectivity index (χ0v) is 18.4. The van der Waals surface area contributed by atoms with Crippen LogP contribution in [0.25, 0.3) is 22.1 Å². The summed E-state index contributed by atoms with van der Waals surface area (Å²) < 4.78 is 108. The van der Waals surface area contributed by atoms with Gasteiger partial charge < -0.3 is 10.3 Å². The second kappa shape index (κ2) is 9.22. The molecule has 2 heterocycles. The van der Waals surface area contributed by atoms with Gasteiger partial charge in [0.05, 0.1) is 23.1 Å². The smallest absolute Gasteiger partial charge is 0.326 e. The van der Waals surface area contributed by atoms with E-state index in [-0.39, 0.29) is 29.9 Å². The molecule has 6 nitrogen and oxygen atoms in total. The molecule has 0 aliphatic heterocycles. The standard InChI is InChI=1S/C22H19F8N5O/c23-13-7-14(24)19-17(8-13)34(20(36)35(19)11-22(28,29)30)10-18-32-15-6-12(9-31)2-3-16(15)33(18)5-1-4-21(25,26)27/h2-3,6-8H,1,4-5,9-11,31H2. The number of nitrogens with zero attached hydrogens (tertiary/aromatic N) is 4. The van der Waals surface area contributed by atoms with Crippen molar-refractivity contribution in [1.82, 2.24) is 18.7 Å². The minimum atomic E-state index is -4.88. The van der Waals surface area contributed by atoms with Crippen LogP contribution in [-0.2, 0) is 26.2 Å². The average Bonchev–Trinajstić information content (AvgIpc) is 3.21. The van der Waals surface area contributed by atoms with Crippen molar-refractivity contribution in [3.63, 3.8) is 0 Å². The summed E-state index contributed by atoms with van der Waals surface area (Å²) in [7, 11) is 0. The Balaban J connectivity index is 1.86. The van der Waals surface area contributed by atoms with Gasteiger partial charge in [-0.3, -0.25) is 9.13 Å². The van der Waals surface area contributed by atoms with Gasteiger partial charge in [-0.1, -0.05) is 6.07 Å². The van der Waals surface area contributed by atoms with Gasteiger partial charge in [0.1, 0.15) is 23.7 Å². The van der Waals surface area contributed by atoms with Gasteiger partial charge >= 0.3 is 18.0 Å². The van der Waals surface area contributed by atoms with Crippen molar-refractivity contribution in [3.05, 3.63) is 63.8 Å². The molecule has 0 spiro atoms. The summed E-state index contributed by atoms with van der Waals surface area (Å²) in [5, 5.41) is 0. The summed E-state index contributed by atoms with van der Waals surface area (Å²) in [5.41, 5.74) is 4.58. The molecule has 0 aliphatic rings. The third-order valence-corrected chi connectivity index (χ3v) is 5.64. The highest BCUT2D eigenvalue weighted by molar-refractivity contribution is 5.78. The molecule has 2 N–H and O–H groups in total. The van der Waals surface area contributed by atoms with E-state index < -0.39 is 60.2 Å². The van der Waals surface area contributed by atoms with Crippen LogP contribution in [0.4, 0.5) is 35.1 Å². The van der Waals surface area contributed by atoms with Crippen LogP contribution in [0.5, 0.6) is 0 Å². The molecule has 0 amide bonds. The van der Waals surface area contributed by atoms with Crippen LogP contribution < -0.4 is 11.4 Å². The Morgan fingerprint density at radius 1 is 0.889 bits per heavy atom. The van der Waals surface area contributed by atoms with E-state index in [9.17, 15) is 39.9 Å². The summed E-state index contributed by atoms with van der Waals surface area (Å²) in [6.45, 7) is -2.39. The Hall–Kier alpha value is -3.42. The monoisotopic (exact) mass is 521 g/mol. The Morgan fingerprint density at radius 3 is 2.25 bits per heavy atom. The van der Waals surface area contributed by atoms with E-state index in [4.69, 9.17) is 5.73 Å². The van der Waals surface area contributed by atoms with Gasteiger partial charge in [0.15, 0.2) is 5.82 Å². The van der Waals surface area contributed by atoms with E-state index in [2.05, 4.69) is 4.98 Å². The van der Waals surface area contributed by atoms with Gasteiger partial charge in [0, 0.05) is 31.6 Å². The number of imidazole rings is 2. The molecule has 0 radical (unpaired) electrons. The lowest BCUT2D eigenvalue weighted by Gasteiger charge is -2.11. The van der Waals surface area contributed by atoms with Crippen LogP contribution in [-0.4, -0.2) is 31.0 Å². The predicted molar refractivity (Wildman–Crippen MR) is 114 cm³/mol. The van der Waals surface area contributed by atoms with E-state index >= 15 is 0 Å². The Bertz CT molecular complexity index is 1480. The Labute approximate surface area is 197 Å². The summed E-state index contributed by atoms with van der Waals surface area (Å²) in [6, 6.07) is 5.89. The Kier molecular flexibility index (Phi) is 6.58. The zero-order chi connectivity index (χ0) is 26.4. The molecule has 4 aromatic rings. The van der Waals surface area contributed by atoms with Crippen molar-refractivity contribution in [2.24, 2.45) is 5.73 Å². The van der Waals surface area contributed by atoms with Crippen LogP contribution >= 0.6 is 0 Å². The van der Waals surface area contributed by atoms with Crippen molar-refractivity contribution in [2.45, 2.75) is 51.4 Å². The fourth-order valence-corrected chi connectivity index (χ4v) is 4.15. The van der Waals surface area contributed by atoms with E-state index in [1.807, 2.05) is 0 Å². The quantitative estimate of drug-likeness (QED) is 0.354. The van der Waals surface area contributed by atoms with E-state index in [1.54, 1.807) is 18.2 Å². The molecule has 0 atom stereocenters. The third kappa shape index (κ3) is 5.22. The molecule has 194 valence electrons. The molecule has 0 aliphatic carbocycles. The van der Waals surface area contributed by atoms with Crippen LogP contribution in [0.15, 0.2) is 35.1 Å². The summed E-state index contributed by atoms with van der Waals surface area (Å²) in [6.07, 6.45) is -10.7. The molecule has 0 fully saturated rings. The van der Waals surface area contributed by atoms with Crippen molar-refractivity contribution >= 4 is 22.1 Å². The minimum Gasteiger partial charge on any atom is -0.326 e. The lowest BCUT2D eigenvalue weighted by molar-refractivity contribution is -0.140. The molecule has 14 heteroatoms. The number of halogens is 8. The van der Waals surface area contributed by atoms with Crippen LogP contribution in [0.2, 0.25) is 0 Å². The zero-order valence-electron chi connectivity index (χ0n) is 18.4. The number of aromatic nitrogens is 4. The summed E-state index contributed by atoms with van der Waals surface area (Å²) in [5.74, 6) is -2.46. The number of aryl methyl sites for hydroxylation is 1. The lowest BCUT2D eigenvalue weighted by atomic mass is 10.2. The van der Waals surface area contributed by atoms with Gasteiger partial charge in [-0.25, -0.2) is 18.6 Å². The second-order valence-electron chi connectivity index (χ2n) is 8.25. The lowest BCUT2D eigenvalue weighted by Crippen LogP contribution is -2.30. The molecule has 2 aromatic heterocycles. The number of nitrogens with two attached hydrogens (primary N) is 1. The SMILES string of the molecule is NCc1ccc2c(c1)nc(Cn1c(=O)n(CC(F)(F)F)c3c(F)cc(F)cc31)n2CCCC(F)(F)F. The van der Waals surface area contributed by atoms with Crippen molar-refractivity contribution < 1.29 is 35.1 Å². The number of rotatable bonds is 7. The maximum absolute atomic E-state index is 14.5. The van der Waals surface area contributed by atoms with E-state index in [1.165, 1.54) is 4.57 Å². The number of benzene rings is 2. The van der Waals surface area contributed by atoms with Gasteiger partial charge in [-0.2, -0.15) is 26.3 Å². The van der Waals surface area contributed by atoms with Crippen LogP contribution in [0, 0.1) is 11.6 Å². The maximum Gasteiger partial charge on any atom is 0.406 e. The highest BCUT2D eigenvalue weighted by Crippen LogP contribution is 2.27. The number of fused-ring (bicyclic) bond motifs is 2. The van der Waals surface area contributed by atoms with E-state index in [0.717, 1.165) is 10.6 Å². The first-order chi connectivity index (χ1) is 16.8. The number of hydrogen-bond acceptors (Lipinski definition) is 3. The average molecular weight is 521 g/mol. The Morgan fingerprint density at radius 2 is 1.61 bits per heavy atom. The predicted octanol–water partition coefficient (Wildman–Crippen LogP) is 4.84. The maximum atomic E-state index is 14.5. The third-order valence-electron chi connectivity index (χ3n) is 5.64. The van der Waals surface area contributed by atoms with Gasteiger partial charge in [-0.15, -0.1) is 0 Å². The van der Waals surface area contributed by atoms with Gasteiger partial charge in [0.25, 0.3) is 0 Å². The van der Waals surface area contributed by atoms with Gasteiger partial charge in [0.2, 0.25) is 0 Å². The highest BCUT2D eigenvalue weighted by Gasteiger charge is 2.32. The topological polar surface area (TPSA) is 70.8 Å². The molecule has 2 aromatic carbocycles. The van der Waals surface area contributed by atoms with Crippen LogP contribution in [0.1, 0.15) is 24.2 Å². The largest absolute Gasteiger partial charge is 0.406 e.